The van der Waals surface area contributed by atoms with Gasteiger partial charge in [-0.15, -0.1) is 0 Å². The molecule has 0 bridgehead atoms. The summed E-state index contributed by atoms with van der Waals surface area (Å²) < 4.78 is 13.3. The zero-order valence-corrected chi connectivity index (χ0v) is 30.8. The van der Waals surface area contributed by atoms with Crippen LogP contribution in [0, 0.1) is 0 Å². The van der Waals surface area contributed by atoms with E-state index in [1.807, 2.05) is 60.6 Å². The van der Waals surface area contributed by atoms with Crippen LogP contribution < -0.4 is 5.46 Å². The Morgan fingerprint density at radius 2 is 1.02 bits per heavy atom. The van der Waals surface area contributed by atoms with Crippen LogP contribution in [0.3, 0.4) is 0 Å². The number of rotatable bonds is 4. The monoisotopic (exact) mass is 705 g/mol. The first-order valence-electron chi connectivity index (χ1n) is 18.1. The van der Waals surface area contributed by atoms with E-state index in [0.29, 0.717) is 0 Å². The van der Waals surface area contributed by atoms with Gasteiger partial charge >= 0.3 is 7.12 Å². The third-order valence-electron chi connectivity index (χ3n) is 11.5. The summed E-state index contributed by atoms with van der Waals surface area (Å²) in [5.74, 6) is 0. The minimum absolute atomic E-state index is 0.444. The maximum atomic E-state index is 6.63. The van der Waals surface area contributed by atoms with Gasteiger partial charge in [-0.3, -0.25) is 9.97 Å². The van der Waals surface area contributed by atoms with E-state index in [1.165, 1.54) is 43.2 Å². The Morgan fingerprint density at radius 1 is 0.491 bits per heavy atom. The van der Waals surface area contributed by atoms with Crippen LogP contribution in [-0.4, -0.2) is 33.3 Å². The van der Waals surface area contributed by atoms with E-state index in [2.05, 4.69) is 135 Å². The summed E-state index contributed by atoms with van der Waals surface area (Å²) in [6.07, 6.45) is 3.63. The Bertz CT molecular complexity index is 2450. The normalized spacial score (nSPS) is 16.9. The van der Waals surface area contributed by atoms with Gasteiger partial charge in [0.2, 0.25) is 0 Å². The number of aromatic nitrogens is 3. The van der Waals surface area contributed by atoms with Crippen LogP contribution in [0.25, 0.3) is 45.0 Å². The number of nitrogens with zero attached hydrogens (tertiary/aromatic N) is 3. The van der Waals surface area contributed by atoms with Gasteiger partial charge in [-0.1, -0.05) is 90.6 Å². The summed E-state index contributed by atoms with van der Waals surface area (Å²) in [6, 6.07) is 47.8. The Morgan fingerprint density at radius 3 is 1.58 bits per heavy atom. The molecule has 5 nitrogen and oxygen atoms in total. The number of fused-ring (bicyclic) bond motifs is 9. The molecule has 7 heteroatoms. The second-order valence-corrected chi connectivity index (χ2v) is 16.1. The highest BCUT2D eigenvalue weighted by Crippen LogP contribution is 2.62. The molecule has 0 radical (unpaired) electrons. The van der Waals surface area contributed by atoms with Crippen LogP contribution in [0.15, 0.2) is 156 Å². The Hall–Kier alpha value is -5.34. The molecular formula is C46H36BN3O2S. The summed E-state index contributed by atoms with van der Waals surface area (Å²) in [5.41, 5.74) is 12.6. The molecule has 0 saturated carbocycles. The standard InChI is InChI=1S/C46H36BN3O2S/c1-44(2)45(3,4)52-47(51-44)31-20-22-43-37(28-31)46(34-15-7-5-13-32(34)33-14-6-8-16-35(33)46)36-25-29(19-21-42(36)53-43)30-26-40(38-17-9-11-23-48-38)50-41(27-30)39-18-10-12-24-49-39/h5-28H,1-4H3. The van der Waals surface area contributed by atoms with Crippen molar-refractivity contribution in [1.29, 1.82) is 0 Å². The van der Waals surface area contributed by atoms with E-state index in [4.69, 9.17) is 14.3 Å². The van der Waals surface area contributed by atoms with Crippen molar-refractivity contribution in [2.75, 3.05) is 0 Å². The third-order valence-corrected chi connectivity index (χ3v) is 12.7. The molecule has 256 valence electrons. The lowest BCUT2D eigenvalue weighted by Gasteiger charge is -2.40. The molecule has 0 atom stereocenters. The second kappa shape index (κ2) is 11.8. The third kappa shape index (κ3) is 4.91. The predicted molar refractivity (Wildman–Crippen MR) is 213 cm³/mol. The zero-order valence-electron chi connectivity index (χ0n) is 30.0. The average molecular weight is 706 g/mol. The molecule has 3 aliphatic rings. The fraction of sp³-hybridized carbons (Fsp3) is 0.152. The Labute approximate surface area is 314 Å². The summed E-state index contributed by atoms with van der Waals surface area (Å²) in [5, 5.41) is 0. The number of pyridine rings is 3. The largest absolute Gasteiger partial charge is 0.494 e. The molecule has 5 heterocycles. The minimum Gasteiger partial charge on any atom is -0.399 e. The average Bonchev–Trinajstić information content (AvgIpc) is 3.61. The topological polar surface area (TPSA) is 57.1 Å². The molecule has 1 aliphatic carbocycles. The zero-order chi connectivity index (χ0) is 36.0. The number of hydrogen-bond acceptors (Lipinski definition) is 6. The van der Waals surface area contributed by atoms with Crippen LogP contribution >= 0.6 is 11.8 Å². The first-order chi connectivity index (χ1) is 25.7. The predicted octanol–water partition coefficient (Wildman–Crippen LogP) is 10.00. The fourth-order valence-corrected chi connectivity index (χ4v) is 9.37. The van der Waals surface area contributed by atoms with Crippen LogP contribution in [0.2, 0.25) is 0 Å². The summed E-state index contributed by atoms with van der Waals surface area (Å²) in [4.78, 5) is 16.9. The molecule has 1 spiro atoms. The molecule has 0 N–H and O–H groups in total. The van der Waals surface area contributed by atoms with Crippen LogP contribution in [0.4, 0.5) is 0 Å². The quantitative estimate of drug-likeness (QED) is 0.170. The number of benzene rings is 4. The molecule has 2 aliphatic heterocycles. The SMILES string of the molecule is CC1(C)OB(c2ccc3c(c2)C2(c4cc(-c5cc(-c6ccccn6)nc(-c6ccccn6)c5)ccc4S3)c3ccccc3-c3ccccc32)OC1(C)C. The highest BCUT2D eigenvalue weighted by Gasteiger charge is 2.54. The molecular weight excluding hydrogens is 669 g/mol. The van der Waals surface area contributed by atoms with Gasteiger partial charge in [0.25, 0.3) is 0 Å². The molecule has 1 saturated heterocycles. The van der Waals surface area contributed by atoms with Gasteiger partial charge in [-0.05, 0) is 132 Å². The van der Waals surface area contributed by atoms with E-state index in [-0.39, 0.29) is 0 Å². The van der Waals surface area contributed by atoms with Crippen molar-refractivity contribution in [3.63, 3.8) is 0 Å². The van der Waals surface area contributed by atoms with E-state index in [9.17, 15) is 0 Å². The molecule has 53 heavy (non-hydrogen) atoms. The van der Waals surface area contributed by atoms with Gasteiger partial charge in [-0.2, -0.15) is 0 Å². The van der Waals surface area contributed by atoms with E-state index in [0.717, 1.165) is 39.4 Å². The van der Waals surface area contributed by atoms with Crippen LogP contribution in [0.1, 0.15) is 49.9 Å². The number of hydrogen-bond donors (Lipinski definition) is 0. The maximum Gasteiger partial charge on any atom is 0.494 e. The Balaban J connectivity index is 1.22. The molecule has 0 unspecified atom stereocenters. The lowest BCUT2D eigenvalue weighted by atomic mass is 9.65. The van der Waals surface area contributed by atoms with Gasteiger partial charge in [0, 0.05) is 22.2 Å². The van der Waals surface area contributed by atoms with Crippen molar-refractivity contribution >= 4 is 24.3 Å². The van der Waals surface area contributed by atoms with E-state index < -0.39 is 23.7 Å². The highest BCUT2D eigenvalue weighted by atomic mass is 32.2. The van der Waals surface area contributed by atoms with Gasteiger partial charge in [0.05, 0.1) is 39.4 Å². The first-order valence-corrected chi connectivity index (χ1v) is 18.9. The van der Waals surface area contributed by atoms with Crippen molar-refractivity contribution in [3.8, 4) is 45.0 Å². The molecule has 10 rings (SSSR count). The first kappa shape index (κ1) is 32.3. The Kier molecular flexibility index (Phi) is 7.22. The molecule has 7 aromatic rings. The van der Waals surface area contributed by atoms with Crippen molar-refractivity contribution in [3.05, 3.63) is 168 Å². The minimum atomic E-state index is -0.570. The molecule has 4 aromatic carbocycles. The smallest absolute Gasteiger partial charge is 0.399 e. The van der Waals surface area contributed by atoms with Gasteiger partial charge in [0.1, 0.15) is 0 Å². The lowest BCUT2D eigenvalue weighted by molar-refractivity contribution is 0.00578. The molecule has 0 amide bonds. The second-order valence-electron chi connectivity index (χ2n) is 15.1. The van der Waals surface area contributed by atoms with Gasteiger partial charge in [-0.25, -0.2) is 4.98 Å². The van der Waals surface area contributed by atoms with Gasteiger partial charge < -0.3 is 9.31 Å². The van der Waals surface area contributed by atoms with Gasteiger partial charge in [0.15, 0.2) is 0 Å². The van der Waals surface area contributed by atoms with E-state index in [1.54, 1.807) is 0 Å². The summed E-state index contributed by atoms with van der Waals surface area (Å²) >= 11 is 1.83. The van der Waals surface area contributed by atoms with Crippen molar-refractivity contribution in [1.82, 2.24) is 15.0 Å². The summed E-state index contributed by atoms with van der Waals surface area (Å²) in [7, 11) is -0.473. The highest BCUT2D eigenvalue weighted by molar-refractivity contribution is 7.99. The van der Waals surface area contributed by atoms with Crippen LogP contribution in [0.5, 0.6) is 0 Å². The summed E-state index contributed by atoms with van der Waals surface area (Å²) in [6.45, 7) is 8.45. The maximum absolute atomic E-state index is 6.63. The van der Waals surface area contributed by atoms with Crippen molar-refractivity contribution in [2.24, 2.45) is 0 Å². The molecule has 1 fully saturated rings. The van der Waals surface area contributed by atoms with Crippen molar-refractivity contribution in [2.45, 2.75) is 54.1 Å². The molecule has 3 aromatic heterocycles. The van der Waals surface area contributed by atoms with E-state index >= 15 is 0 Å². The van der Waals surface area contributed by atoms with Crippen LogP contribution in [-0.2, 0) is 14.7 Å². The fourth-order valence-electron chi connectivity index (χ4n) is 8.21. The lowest BCUT2D eigenvalue weighted by Crippen LogP contribution is -2.41. The van der Waals surface area contributed by atoms with Crippen molar-refractivity contribution < 1.29 is 9.31 Å².